The van der Waals surface area contributed by atoms with E-state index >= 15 is 0 Å². The predicted molar refractivity (Wildman–Crippen MR) is 81.6 cm³/mol. The number of hydrazine groups is 1. The molecule has 1 atom stereocenters. The molecule has 96 valence electrons. The molecule has 0 saturated heterocycles. The first-order chi connectivity index (χ1) is 8.70. The Labute approximate surface area is 120 Å². The molecule has 0 aliphatic rings. The summed E-state index contributed by atoms with van der Waals surface area (Å²) < 4.78 is 1.10. The van der Waals surface area contributed by atoms with Crippen LogP contribution in [0.3, 0.4) is 0 Å². The van der Waals surface area contributed by atoms with Gasteiger partial charge >= 0.3 is 0 Å². The van der Waals surface area contributed by atoms with E-state index in [0.717, 1.165) is 17.3 Å². The highest BCUT2D eigenvalue weighted by molar-refractivity contribution is 9.10. The topological polar surface area (TPSA) is 38.0 Å². The second kappa shape index (κ2) is 6.48. The third kappa shape index (κ3) is 3.42. The number of thiophene rings is 1. The van der Waals surface area contributed by atoms with Gasteiger partial charge in [-0.15, -0.1) is 0 Å². The highest BCUT2D eigenvalue weighted by Gasteiger charge is 2.12. The van der Waals surface area contributed by atoms with Gasteiger partial charge in [0.1, 0.15) is 0 Å². The zero-order valence-corrected chi connectivity index (χ0v) is 12.7. The molecule has 0 bridgehead atoms. The van der Waals surface area contributed by atoms with Crippen LogP contribution in [0.1, 0.15) is 29.2 Å². The summed E-state index contributed by atoms with van der Waals surface area (Å²) in [5, 5.41) is 4.31. The van der Waals surface area contributed by atoms with Gasteiger partial charge in [0.05, 0.1) is 0 Å². The second-order valence-corrected chi connectivity index (χ2v) is 6.09. The Kier molecular flexibility index (Phi) is 4.95. The van der Waals surface area contributed by atoms with E-state index in [9.17, 15) is 0 Å². The van der Waals surface area contributed by atoms with Crippen molar-refractivity contribution in [3.05, 3.63) is 56.2 Å². The lowest BCUT2D eigenvalue weighted by atomic mass is 9.97. The number of aryl methyl sites for hydroxylation is 2. The van der Waals surface area contributed by atoms with Crippen molar-refractivity contribution >= 4 is 27.3 Å². The van der Waals surface area contributed by atoms with Crippen molar-refractivity contribution in [3.63, 3.8) is 0 Å². The molecule has 18 heavy (non-hydrogen) atoms. The van der Waals surface area contributed by atoms with E-state index in [1.54, 1.807) is 11.3 Å². The summed E-state index contributed by atoms with van der Waals surface area (Å²) in [6, 6.07) is 8.70. The van der Waals surface area contributed by atoms with Crippen molar-refractivity contribution in [2.75, 3.05) is 0 Å². The van der Waals surface area contributed by atoms with Gasteiger partial charge < -0.3 is 0 Å². The fourth-order valence-electron chi connectivity index (χ4n) is 2.06. The van der Waals surface area contributed by atoms with Gasteiger partial charge in [-0.3, -0.25) is 11.3 Å². The van der Waals surface area contributed by atoms with Crippen molar-refractivity contribution in [3.8, 4) is 0 Å². The summed E-state index contributed by atoms with van der Waals surface area (Å²) in [7, 11) is 0. The lowest BCUT2D eigenvalue weighted by molar-refractivity contribution is 0.514. The highest BCUT2D eigenvalue weighted by atomic mass is 79.9. The van der Waals surface area contributed by atoms with Crippen LogP contribution < -0.4 is 11.3 Å². The van der Waals surface area contributed by atoms with Gasteiger partial charge in [0.25, 0.3) is 0 Å². The maximum absolute atomic E-state index is 5.70. The van der Waals surface area contributed by atoms with E-state index in [1.165, 1.54) is 16.7 Å². The molecule has 0 fully saturated rings. The average Bonchev–Trinajstić information content (AvgIpc) is 2.87. The molecule has 1 aromatic carbocycles. The Bertz CT molecular complexity index is 497. The molecule has 2 aromatic rings. The predicted octanol–water partition coefficient (Wildman–Crippen LogP) is 3.96. The van der Waals surface area contributed by atoms with E-state index in [1.807, 2.05) is 0 Å². The Balaban J connectivity index is 2.10. The number of nitrogens with two attached hydrogens (primary N) is 1. The highest BCUT2D eigenvalue weighted by Crippen LogP contribution is 2.25. The maximum atomic E-state index is 5.70. The van der Waals surface area contributed by atoms with Gasteiger partial charge in [-0.25, -0.2) is 0 Å². The minimum atomic E-state index is 0.197. The smallest absolute Gasteiger partial charge is 0.0466 e. The van der Waals surface area contributed by atoms with Crippen LogP contribution in [0.25, 0.3) is 0 Å². The van der Waals surface area contributed by atoms with Gasteiger partial charge in [0, 0.05) is 10.5 Å². The molecule has 1 unspecified atom stereocenters. The fourth-order valence-corrected chi connectivity index (χ4v) is 3.14. The van der Waals surface area contributed by atoms with E-state index < -0.39 is 0 Å². The lowest BCUT2D eigenvalue weighted by Crippen LogP contribution is -2.29. The molecule has 1 heterocycles. The summed E-state index contributed by atoms with van der Waals surface area (Å²) in [6.07, 6.45) is 2.05. The number of nitrogens with one attached hydrogen (secondary N) is 1. The molecule has 0 aliphatic carbocycles. The molecule has 0 spiro atoms. The van der Waals surface area contributed by atoms with Gasteiger partial charge in [-0.2, -0.15) is 11.3 Å². The molecule has 2 nitrogen and oxygen atoms in total. The fraction of sp³-hybridized carbons (Fsp3) is 0.286. The molecule has 0 amide bonds. The number of hydrogen-bond acceptors (Lipinski definition) is 3. The van der Waals surface area contributed by atoms with Crippen LogP contribution >= 0.6 is 27.3 Å². The number of rotatable bonds is 5. The zero-order chi connectivity index (χ0) is 13.0. The van der Waals surface area contributed by atoms with E-state index in [4.69, 9.17) is 5.84 Å². The molecular weight excluding hydrogens is 308 g/mol. The van der Waals surface area contributed by atoms with Crippen molar-refractivity contribution in [1.82, 2.24) is 5.43 Å². The summed E-state index contributed by atoms with van der Waals surface area (Å²) in [6.45, 7) is 2.12. The minimum Gasteiger partial charge on any atom is -0.271 e. The van der Waals surface area contributed by atoms with Crippen LogP contribution in [0.2, 0.25) is 0 Å². The largest absolute Gasteiger partial charge is 0.271 e. The number of halogens is 1. The Morgan fingerprint density at radius 3 is 2.89 bits per heavy atom. The van der Waals surface area contributed by atoms with Gasteiger partial charge in [-0.1, -0.05) is 22.0 Å². The maximum Gasteiger partial charge on any atom is 0.0466 e. The zero-order valence-electron chi connectivity index (χ0n) is 10.3. The van der Waals surface area contributed by atoms with Crippen LogP contribution in [0.4, 0.5) is 0 Å². The van der Waals surface area contributed by atoms with Crippen molar-refractivity contribution in [2.24, 2.45) is 5.84 Å². The van der Waals surface area contributed by atoms with E-state index in [-0.39, 0.29) is 6.04 Å². The second-order valence-electron chi connectivity index (χ2n) is 4.39. The van der Waals surface area contributed by atoms with Crippen molar-refractivity contribution in [2.45, 2.75) is 25.8 Å². The van der Waals surface area contributed by atoms with Crippen LogP contribution in [0.15, 0.2) is 39.5 Å². The molecule has 0 radical (unpaired) electrons. The molecule has 0 aliphatic heterocycles. The van der Waals surface area contributed by atoms with Crippen LogP contribution in [0, 0.1) is 6.92 Å². The lowest BCUT2D eigenvalue weighted by Gasteiger charge is -2.18. The minimum absolute atomic E-state index is 0.197. The first-order valence-corrected chi connectivity index (χ1v) is 7.67. The Morgan fingerprint density at radius 2 is 2.22 bits per heavy atom. The van der Waals surface area contributed by atoms with E-state index in [2.05, 4.69) is 63.3 Å². The standard InChI is InChI=1S/C14H17BrN2S/c1-10-2-4-12(15)8-13(10)14(17-16)5-3-11-6-7-18-9-11/h2,4,6-9,14,17H,3,5,16H2,1H3. The monoisotopic (exact) mass is 324 g/mol. The van der Waals surface area contributed by atoms with Crippen LogP contribution in [-0.4, -0.2) is 0 Å². The molecule has 1 aromatic heterocycles. The summed E-state index contributed by atoms with van der Waals surface area (Å²) >= 11 is 5.26. The SMILES string of the molecule is Cc1ccc(Br)cc1C(CCc1ccsc1)NN. The summed E-state index contributed by atoms with van der Waals surface area (Å²) in [5.41, 5.74) is 6.85. The van der Waals surface area contributed by atoms with Gasteiger partial charge in [0.15, 0.2) is 0 Å². The third-order valence-electron chi connectivity index (χ3n) is 3.12. The molecule has 2 rings (SSSR count). The number of benzene rings is 1. The van der Waals surface area contributed by atoms with Crippen LogP contribution in [-0.2, 0) is 6.42 Å². The molecule has 3 N–H and O–H groups in total. The van der Waals surface area contributed by atoms with Gasteiger partial charge in [-0.05, 0) is 65.4 Å². The quantitative estimate of drug-likeness (QED) is 0.645. The summed E-state index contributed by atoms with van der Waals surface area (Å²) in [4.78, 5) is 0. The average molecular weight is 325 g/mol. The summed E-state index contributed by atoms with van der Waals surface area (Å²) in [5.74, 6) is 5.70. The van der Waals surface area contributed by atoms with Crippen LogP contribution in [0.5, 0.6) is 0 Å². The molecule has 4 heteroatoms. The van der Waals surface area contributed by atoms with E-state index in [0.29, 0.717) is 0 Å². The first-order valence-electron chi connectivity index (χ1n) is 5.94. The Morgan fingerprint density at radius 1 is 1.39 bits per heavy atom. The normalized spacial score (nSPS) is 12.6. The number of hydrogen-bond donors (Lipinski definition) is 2. The Hall–Kier alpha value is -0.680. The first kappa shape index (κ1) is 13.7. The third-order valence-corrected chi connectivity index (χ3v) is 4.34. The van der Waals surface area contributed by atoms with Crippen molar-refractivity contribution in [1.29, 1.82) is 0 Å². The molecular formula is C14H17BrN2S. The van der Waals surface area contributed by atoms with Crippen molar-refractivity contribution < 1.29 is 0 Å². The van der Waals surface area contributed by atoms with Gasteiger partial charge in [0.2, 0.25) is 0 Å². The molecule has 0 saturated carbocycles.